The number of nitrogens with zero attached hydrogens (tertiary/aromatic N) is 2. The number of benzene rings is 1. The van der Waals surface area contributed by atoms with E-state index in [0.29, 0.717) is 12.5 Å². The fraction of sp³-hybridized carbons (Fsp3) is 0.480. The van der Waals surface area contributed by atoms with E-state index in [2.05, 4.69) is 30.7 Å². The largest absolute Gasteiger partial charge is 0.462 e. The van der Waals surface area contributed by atoms with Gasteiger partial charge < -0.3 is 4.74 Å². The molecule has 4 nitrogen and oxygen atoms in total. The Kier molecular flexibility index (Phi) is 10.1. The van der Waals surface area contributed by atoms with Gasteiger partial charge in [-0.05, 0) is 36.0 Å². The van der Waals surface area contributed by atoms with Crippen LogP contribution >= 0.6 is 0 Å². The van der Waals surface area contributed by atoms with Gasteiger partial charge in [-0.25, -0.2) is 14.8 Å². The summed E-state index contributed by atoms with van der Waals surface area (Å²) in [7, 11) is 0. The van der Waals surface area contributed by atoms with Crippen molar-refractivity contribution in [2.45, 2.75) is 65.7 Å². The van der Waals surface area contributed by atoms with E-state index in [1.54, 1.807) is 6.08 Å². The van der Waals surface area contributed by atoms with Crippen LogP contribution in [0.3, 0.4) is 0 Å². The summed E-state index contributed by atoms with van der Waals surface area (Å²) in [5.74, 6) is 0.810. The number of hydrogen-bond donors (Lipinski definition) is 0. The van der Waals surface area contributed by atoms with Crippen molar-refractivity contribution in [3.05, 3.63) is 53.9 Å². The topological polar surface area (TPSA) is 52.1 Å². The Bertz CT molecular complexity index is 751. The highest BCUT2D eigenvalue weighted by Gasteiger charge is 2.04. The van der Waals surface area contributed by atoms with E-state index in [1.807, 2.05) is 36.7 Å². The minimum atomic E-state index is -0.303. The number of carbonyl (C=O) groups is 1. The molecule has 0 bridgehead atoms. The van der Waals surface area contributed by atoms with Gasteiger partial charge in [-0.1, -0.05) is 77.1 Å². The summed E-state index contributed by atoms with van der Waals surface area (Å²) < 4.78 is 5.22. The number of hydrogen-bond acceptors (Lipinski definition) is 4. The Morgan fingerprint density at radius 3 is 2.38 bits per heavy atom. The predicted molar refractivity (Wildman–Crippen MR) is 119 cm³/mol. The third-order valence-electron chi connectivity index (χ3n) is 5.06. The van der Waals surface area contributed by atoms with Gasteiger partial charge in [-0.15, -0.1) is 0 Å². The molecule has 0 aliphatic carbocycles. The van der Waals surface area contributed by atoms with Gasteiger partial charge in [0.15, 0.2) is 5.82 Å². The van der Waals surface area contributed by atoms with E-state index >= 15 is 0 Å². The van der Waals surface area contributed by atoms with Crippen LogP contribution in [0.1, 0.15) is 70.4 Å². The van der Waals surface area contributed by atoms with Crippen LogP contribution in [0.2, 0.25) is 0 Å². The fourth-order valence-corrected chi connectivity index (χ4v) is 2.86. The molecule has 0 unspecified atom stereocenters. The molecule has 1 aromatic heterocycles. The van der Waals surface area contributed by atoms with E-state index in [9.17, 15) is 4.79 Å². The van der Waals surface area contributed by atoms with Crippen LogP contribution in [0.25, 0.3) is 17.5 Å². The van der Waals surface area contributed by atoms with Crippen molar-refractivity contribution in [2.24, 2.45) is 5.92 Å². The lowest BCUT2D eigenvalue weighted by Gasteiger charge is -2.07. The number of ether oxygens (including phenoxy) is 1. The number of esters is 1. The summed E-state index contributed by atoms with van der Waals surface area (Å²) in [6.45, 7) is 6.85. The average molecular weight is 395 g/mol. The highest BCUT2D eigenvalue weighted by molar-refractivity contribution is 5.87. The molecule has 0 N–H and O–H groups in total. The molecule has 0 amide bonds. The number of aryl methyl sites for hydroxylation is 1. The smallest absolute Gasteiger partial charge is 0.330 e. The standard InChI is InChI=1S/C25H34N2O2/c1-4-6-7-8-9-10-22-17-26-25(27-18-22)23-14-11-21(12-15-23)13-16-24(28)29-19-20(3)5-2/h11-18,20H,4-10,19H2,1-3H3/b16-13+/t20-/m1/s1. The molecule has 0 fully saturated rings. The lowest BCUT2D eigenvalue weighted by molar-refractivity contribution is -0.138. The zero-order chi connectivity index (χ0) is 20.9. The second-order valence-electron chi connectivity index (χ2n) is 7.68. The molecular formula is C25H34N2O2. The third-order valence-corrected chi connectivity index (χ3v) is 5.06. The molecule has 1 aromatic carbocycles. The van der Waals surface area contributed by atoms with Gasteiger partial charge in [0.05, 0.1) is 6.61 Å². The second-order valence-corrected chi connectivity index (χ2v) is 7.68. The Balaban J connectivity index is 1.84. The summed E-state index contributed by atoms with van der Waals surface area (Å²) in [6, 6.07) is 7.87. The molecule has 2 rings (SSSR count). The van der Waals surface area contributed by atoms with Crippen LogP contribution in [0.5, 0.6) is 0 Å². The van der Waals surface area contributed by atoms with Gasteiger partial charge in [-0.3, -0.25) is 0 Å². The second kappa shape index (κ2) is 12.9. The van der Waals surface area contributed by atoms with E-state index in [0.717, 1.165) is 29.8 Å². The number of carbonyl (C=O) groups excluding carboxylic acids is 1. The summed E-state index contributed by atoms with van der Waals surface area (Å²) in [5, 5.41) is 0. The maximum atomic E-state index is 11.8. The quantitative estimate of drug-likeness (QED) is 0.242. The summed E-state index contributed by atoms with van der Waals surface area (Å²) >= 11 is 0. The first-order valence-corrected chi connectivity index (χ1v) is 10.9. The lowest BCUT2D eigenvalue weighted by atomic mass is 10.1. The molecule has 0 aliphatic rings. The minimum Gasteiger partial charge on any atom is -0.462 e. The van der Waals surface area contributed by atoms with E-state index in [1.165, 1.54) is 43.7 Å². The first-order chi connectivity index (χ1) is 14.1. The van der Waals surface area contributed by atoms with Crippen LogP contribution in [-0.2, 0) is 16.0 Å². The molecule has 156 valence electrons. The predicted octanol–water partition coefficient (Wildman–Crippen LogP) is 6.26. The SMILES string of the molecule is CCCCCCCc1cnc(-c2ccc(/C=C/C(=O)OC[C@H](C)CC)cc2)nc1. The zero-order valence-electron chi connectivity index (χ0n) is 18.1. The van der Waals surface area contributed by atoms with Crippen molar-refractivity contribution < 1.29 is 9.53 Å². The molecule has 2 aromatic rings. The molecule has 0 aliphatic heterocycles. The van der Waals surface area contributed by atoms with Gasteiger partial charge in [0.2, 0.25) is 0 Å². The Morgan fingerprint density at radius 1 is 1.03 bits per heavy atom. The van der Waals surface area contributed by atoms with Crippen molar-refractivity contribution in [1.29, 1.82) is 0 Å². The molecule has 0 radical (unpaired) electrons. The fourth-order valence-electron chi connectivity index (χ4n) is 2.86. The van der Waals surface area contributed by atoms with Crippen molar-refractivity contribution in [2.75, 3.05) is 6.61 Å². The van der Waals surface area contributed by atoms with Crippen LogP contribution < -0.4 is 0 Å². The maximum Gasteiger partial charge on any atom is 0.330 e. The van der Waals surface area contributed by atoms with Crippen LogP contribution in [0, 0.1) is 5.92 Å². The van der Waals surface area contributed by atoms with E-state index < -0.39 is 0 Å². The van der Waals surface area contributed by atoms with Crippen molar-refractivity contribution in [3.63, 3.8) is 0 Å². The number of aromatic nitrogens is 2. The first-order valence-electron chi connectivity index (χ1n) is 10.9. The van der Waals surface area contributed by atoms with Crippen molar-refractivity contribution >= 4 is 12.0 Å². The molecule has 0 saturated carbocycles. The van der Waals surface area contributed by atoms with Crippen molar-refractivity contribution in [3.8, 4) is 11.4 Å². The summed E-state index contributed by atoms with van der Waals surface area (Å²) in [6.07, 6.45) is 15.5. The van der Waals surface area contributed by atoms with E-state index in [4.69, 9.17) is 4.74 Å². The average Bonchev–Trinajstić information content (AvgIpc) is 2.76. The van der Waals surface area contributed by atoms with Crippen molar-refractivity contribution in [1.82, 2.24) is 9.97 Å². The minimum absolute atomic E-state index is 0.303. The monoisotopic (exact) mass is 394 g/mol. The molecule has 0 spiro atoms. The van der Waals surface area contributed by atoms with Gasteiger partial charge in [0, 0.05) is 24.0 Å². The first kappa shape index (κ1) is 22.8. The Hall–Kier alpha value is -2.49. The lowest BCUT2D eigenvalue weighted by Crippen LogP contribution is -2.08. The summed E-state index contributed by atoms with van der Waals surface area (Å²) in [4.78, 5) is 20.8. The maximum absolute atomic E-state index is 11.8. The summed E-state index contributed by atoms with van der Waals surface area (Å²) in [5.41, 5.74) is 3.11. The number of unbranched alkanes of at least 4 members (excludes halogenated alkanes) is 4. The van der Waals surface area contributed by atoms with Crippen LogP contribution in [-0.4, -0.2) is 22.5 Å². The molecule has 0 saturated heterocycles. The van der Waals surface area contributed by atoms with Gasteiger partial charge >= 0.3 is 5.97 Å². The number of rotatable bonds is 12. The molecule has 1 atom stereocenters. The molecule has 29 heavy (non-hydrogen) atoms. The highest BCUT2D eigenvalue weighted by Crippen LogP contribution is 2.17. The van der Waals surface area contributed by atoms with Crippen LogP contribution in [0.15, 0.2) is 42.7 Å². The molecule has 1 heterocycles. The highest BCUT2D eigenvalue weighted by atomic mass is 16.5. The van der Waals surface area contributed by atoms with Gasteiger partial charge in [-0.2, -0.15) is 0 Å². The zero-order valence-corrected chi connectivity index (χ0v) is 18.1. The van der Waals surface area contributed by atoms with Gasteiger partial charge in [0.1, 0.15) is 0 Å². The van der Waals surface area contributed by atoms with E-state index in [-0.39, 0.29) is 5.97 Å². The molecule has 4 heteroatoms. The molecular weight excluding hydrogens is 360 g/mol. The third kappa shape index (κ3) is 8.59. The van der Waals surface area contributed by atoms with Crippen LogP contribution in [0.4, 0.5) is 0 Å². The normalized spacial score (nSPS) is 12.2. The van der Waals surface area contributed by atoms with Gasteiger partial charge in [0.25, 0.3) is 0 Å². The Morgan fingerprint density at radius 2 is 1.72 bits per heavy atom. The Labute approximate surface area is 175 Å².